The molecule has 9 nitrogen and oxygen atoms in total. The molecule has 246 valence electrons. The van der Waals surface area contributed by atoms with E-state index < -0.39 is 53.6 Å². The van der Waals surface area contributed by atoms with Gasteiger partial charge in [-0.3, -0.25) is 14.8 Å². The van der Waals surface area contributed by atoms with E-state index in [4.69, 9.17) is 19.7 Å². The molecule has 3 unspecified atom stereocenters. The lowest BCUT2D eigenvalue weighted by atomic mass is 9.84. The normalized spacial score (nSPS) is 22.8. The number of nitrogens with zero attached hydrogens (tertiary/aromatic N) is 4. The summed E-state index contributed by atoms with van der Waals surface area (Å²) in [6.07, 6.45) is 1.88. The van der Waals surface area contributed by atoms with Gasteiger partial charge in [0.25, 0.3) is 0 Å². The number of aliphatic carboxylic acids is 1. The number of fused-ring (bicyclic) bond motifs is 1. The second-order valence-electron chi connectivity index (χ2n) is 14.1. The van der Waals surface area contributed by atoms with Gasteiger partial charge in [0, 0.05) is 32.4 Å². The van der Waals surface area contributed by atoms with Crippen molar-refractivity contribution in [2.24, 2.45) is 10.9 Å². The van der Waals surface area contributed by atoms with Crippen LogP contribution in [0.2, 0.25) is 25.7 Å². The summed E-state index contributed by atoms with van der Waals surface area (Å²) in [5.74, 6) is -3.05. The van der Waals surface area contributed by atoms with Gasteiger partial charge in [-0.1, -0.05) is 37.5 Å². The highest BCUT2D eigenvalue weighted by molar-refractivity contribution is 8.15. The molecule has 1 saturated carbocycles. The smallest absolute Gasteiger partial charge is 0.418 e. The SMILES string of the molecule is Cc1cc(C#N)cnc1/C(F)=C/c1ccc(F)c(C2(C)N=C(N(COCC[Si](C)(C)C)C(=O)OC(C)(C)C)SC3(C(=O)O)CC32)c1. The molecule has 1 aromatic carbocycles. The predicted octanol–water partition coefficient (Wildman–Crippen LogP) is 7.58. The number of hydrogen-bond donors (Lipinski definition) is 1. The van der Waals surface area contributed by atoms with Crippen LogP contribution in [0.5, 0.6) is 0 Å². The van der Waals surface area contributed by atoms with Gasteiger partial charge < -0.3 is 14.6 Å². The summed E-state index contributed by atoms with van der Waals surface area (Å²) in [4.78, 5) is 36.3. The van der Waals surface area contributed by atoms with E-state index in [1.54, 1.807) is 34.6 Å². The van der Waals surface area contributed by atoms with Crippen molar-refractivity contribution in [3.63, 3.8) is 0 Å². The van der Waals surface area contributed by atoms with Gasteiger partial charge in [-0.15, -0.1) is 0 Å². The molecule has 0 saturated heterocycles. The molecular formula is C33H40F2N4O5SSi. The summed E-state index contributed by atoms with van der Waals surface area (Å²) in [6, 6.07) is 8.36. The Morgan fingerprint density at radius 3 is 2.57 bits per heavy atom. The number of benzene rings is 1. The number of halogens is 2. The van der Waals surface area contributed by atoms with Crippen molar-refractivity contribution in [2.45, 2.75) is 82.6 Å². The zero-order valence-corrected chi connectivity index (χ0v) is 29.2. The number of rotatable bonds is 9. The fourth-order valence-corrected chi connectivity index (χ4v) is 7.54. The Kier molecular flexibility index (Phi) is 9.88. The van der Waals surface area contributed by atoms with Gasteiger partial charge in [-0.25, -0.2) is 18.5 Å². The molecule has 1 aliphatic heterocycles. The summed E-state index contributed by atoms with van der Waals surface area (Å²) < 4.78 is 41.3. The van der Waals surface area contributed by atoms with Crippen molar-refractivity contribution in [3.8, 4) is 6.07 Å². The van der Waals surface area contributed by atoms with E-state index in [9.17, 15) is 14.7 Å². The van der Waals surface area contributed by atoms with E-state index in [0.717, 1.165) is 17.8 Å². The minimum absolute atomic E-state index is 0.0414. The highest BCUT2D eigenvalue weighted by Crippen LogP contribution is 2.66. The number of ether oxygens (including phenoxy) is 2. The van der Waals surface area contributed by atoms with E-state index >= 15 is 8.78 Å². The Labute approximate surface area is 273 Å². The molecule has 0 radical (unpaired) electrons. The van der Waals surface area contributed by atoms with Gasteiger partial charge in [-0.05, 0) is 82.5 Å². The molecule has 1 N–H and O–H groups in total. The number of pyridine rings is 1. The number of aliphatic imine (C=N–C) groups is 1. The van der Waals surface area contributed by atoms with Crippen LogP contribution in [0.25, 0.3) is 11.9 Å². The molecule has 1 aliphatic carbocycles. The van der Waals surface area contributed by atoms with Crippen LogP contribution >= 0.6 is 11.8 Å². The maximum atomic E-state index is 15.7. The van der Waals surface area contributed by atoms with Crippen LogP contribution in [-0.4, -0.2) is 64.0 Å². The molecule has 2 aliphatic rings. The third kappa shape index (κ3) is 7.67. The lowest BCUT2D eigenvalue weighted by Gasteiger charge is -2.37. The Morgan fingerprint density at radius 2 is 1.98 bits per heavy atom. The van der Waals surface area contributed by atoms with Crippen LogP contribution in [0, 0.1) is 30.0 Å². The number of carbonyl (C=O) groups excluding carboxylic acids is 1. The van der Waals surface area contributed by atoms with Crippen LogP contribution in [-0.2, 0) is 19.8 Å². The Bertz CT molecular complexity index is 1650. The number of hydrogen-bond acceptors (Lipinski definition) is 8. The number of thioether (sulfide) groups is 1. The molecular weight excluding hydrogens is 631 g/mol. The van der Waals surface area contributed by atoms with Crippen LogP contribution < -0.4 is 0 Å². The molecule has 0 spiro atoms. The molecule has 13 heteroatoms. The number of aryl methyl sites for hydroxylation is 1. The fourth-order valence-electron chi connectivity index (χ4n) is 5.27. The van der Waals surface area contributed by atoms with Gasteiger partial charge in [0.1, 0.15) is 40.5 Å². The van der Waals surface area contributed by atoms with Gasteiger partial charge in [0.2, 0.25) is 0 Å². The van der Waals surface area contributed by atoms with Crippen LogP contribution in [0.1, 0.15) is 62.1 Å². The van der Waals surface area contributed by atoms with Crippen LogP contribution in [0.4, 0.5) is 13.6 Å². The van der Waals surface area contributed by atoms with Crippen LogP contribution in [0.3, 0.4) is 0 Å². The number of carbonyl (C=O) groups is 2. The Hall–Kier alpha value is -3.60. The third-order valence-electron chi connectivity index (χ3n) is 7.88. The third-order valence-corrected chi connectivity index (χ3v) is 11.1. The molecule has 1 aromatic heterocycles. The molecule has 1 amide bonds. The average Bonchev–Trinajstić information content (AvgIpc) is 3.69. The zero-order chi connectivity index (χ0) is 34.2. The van der Waals surface area contributed by atoms with Crippen molar-refractivity contribution in [1.82, 2.24) is 9.88 Å². The van der Waals surface area contributed by atoms with Crippen molar-refractivity contribution in [2.75, 3.05) is 13.3 Å². The second kappa shape index (κ2) is 12.9. The topological polar surface area (TPSA) is 125 Å². The van der Waals surface area contributed by atoms with E-state index in [-0.39, 0.29) is 29.6 Å². The minimum Gasteiger partial charge on any atom is -0.480 e. The summed E-state index contributed by atoms with van der Waals surface area (Å²) in [7, 11) is -1.45. The first-order valence-corrected chi connectivity index (χ1v) is 19.5. The zero-order valence-electron chi connectivity index (χ0n) is 27.4. The second-order valence-corrected chi connectivity index (χ2v) is 21.0. The Balaban J connectivity index is 1.77. The highest BCUT2D eigenvalue weighted by Gasteiger charge is 2.72. The van der Waals surface area contributed by atoms with Crippen molar-refractivity contribution in [1.29, 1.82) is 5.26 Å². The summed E-state index contributed by atoms with van der Waals surface area (Å²) in [5, 5.41) is 19.5. The lowest BCUT2D eigenvalue weighted by molar-refractivity contribution is -0.137. The maximum absolute atomic E-state index is 15.7. The molecule has 2 heterocycles. The standard InChI is InChI=1S/C33H40F2N4O5SSi/c1-20-13-22(17-36)18-37-27(20)25(35)15-21-9-10-24(34)23(14-21)32(5)26-16-33(26,28(40)41)45-29(38-32)39(30(42)44-31(2,3)4)19-43-11-12-46(6,7)8/h9-10,13-15,18,26H,11-12,16,19H2,1-8H3,(H,40,41)/b25-15-. The minimum atomic E-state index is -1.45. The summed E-state index contributed by atoms with van der Waals surface area (Å²) in [6.45, 7) is 15.2. The van der Waals surface area contributed by atoms with Crippen molar-refractivity contribution >= 4 is 49.0 Å². The molecule has 2 aromatic rings. The van der Waals surface area contributed by atoms with Crippen molar-refractivity contribution in [3.05, 3.63) is 64.2 Å². The quantitative estimate of drug-likeness (QED) is 0.165. The lowest BCUT2D eigenvalue weighted by Crippen LogP contribution is -2.47. The first-order chi connectivity index (χ1) is 21.3. The van der Waals surface area contributed by atoms with Gasteiger partial charge in [0.15, 0.2) is 5.17 Å². The first-order valence-electron chi connectivity index (χ1n) is 14.9. The van der Waals surface area contributed by atoms with E-state index in [1.807, 2.05) is 6.07 Å². The van der Waals surface area contributed by atoms with E-state index in [2.05, 4.69) is 24.6 Å². The molecule has 3 atom stereocenters. The average molecular weight is 671 g/mol. The number of aromatic nitrogens is 1. The summed E-state index contributed by atoms with van der Waals surface area (Å²) >= 11 is 0.940. The summed E-state index contributed by atoms with van der Waals surface area (Å²) in [5.41, 5.74) is -1.13. The maximum Gasteiger partial charge on any atom is 0.418 e. The number of amidine groups is 1. The number of carboxylic acids is 1. The van der Waals surface area contributed by atoms with Crippen LogP contribution in [0.15, 0.2) is 35.5 Å². The van der Waals surface area contributed by atoms with Crippen molar-refractivity contribution < 1.29 is 33.0 Å². The fraction of sp³-hybridized carbons (Fsp3) is 0.485. The highest BCUT2D eigenvalue weighted by atomic mass is 32.2. The Morgan fingerprint density at radius 1 is 1.28 bits per heavy atom. The largest absolute Gasteiger partial charge is 0.480 e. The molecule has 4 rings (SSSR count). The molecule has 1 fully saturated rings. The molecule has 0 bridgehead atoms. The van der Waals surface area contributed by atoms with E-state index in [1.165, 1.54) is 41.4 Å². The number of nitriles is 1. The van der Waals surface area contributed by atoms with Gasteiger partial charge in [0.05, 0.1) is 11.1 Å². The first kappa shape index (κ1) is 35.3. The van der Waals surface area contributed by atoms with Gasteiger partial charge in [-0.2, -0.15) is 5.26 Å². The number of amides is 1. The number of carboxylic acid groups (broad SMARTS) is 1. The monoisotopic (exact) mass is 670 g/mol. The van der Waals surface area contributed by atoms with E-state index in [0.29, 0.717) is 23.3 Å². The molecule has 46 heavy (non-hydrogen) atoms. The predicted molar refractivity (Wildman–Crippen MR) is 177 cm³/mol. The van der Waals surface area contributed by atoms with Gasteiger partial charge >= 0.3 is 12.1 Å².